The number of para-hydroxylation sites is 1. The summed E-state index contributed by atoms with van der Waals surface area (Å²) in [6.45, 7) is 3.39. The van der Waals surface area contributed by atoms with Gasteiger partial charge < -0.3 is 18.9 Å². The third kappa shape index (κ3) is 5.50. The molecule has 4 atom stereocenters. The molecule has 2 heterocycles. The van der Waals surface area contributed by atoms with E-state index < -0.39 is 42.4 Å². The predicted molar refractivity (Wildman–Crippen MR) is 138 cm³/mol. The lowest BCUT2D eigenvalue weighted by Crippen LogP contribution is -2.55. The quantitative estimate of drug-likeness (QED) is 0.249. The third-order valence-electron chi connectivity index (χ3n) is 5.64. The van der Waals surface area contributed by atoms with E-state index in [1.807, 2.05) is 6.07 Å². The molecule has 0 spiro atoms. The second kappa shape index (κ2) is 11.0. The summed E-state index contributed by atoms with van der Waals surface area (Å²) in [5.41, 5.74) is 0.556. The number of esters is 3. The highest BCUT2D eigenvalue weighted by Gasteiger charge is 2.48. The van der Waals surface area contributed by atoms with Gasteiger partial charge in [0.1, 0.15) is 0 Å². The first-order chi connectivity index (χ1) is 17.6. The van der Waals surface area contributed by atoms with Crippen LogP contribution in [-0.2, 0) is 33.3 Å². The van der Waals surface area contributed by atoms with Crippen LogP contribution in [-0.4, -0.2) is 52.0 Å². The minimum atomic E-state index is -1.26. The Morgan fingerprint density at radius 3 is 2.19 bits per heavy atom. The number of benzene rings is 2. The van der Waals surface area contributed by atoms with Crippen molar-refractivity contribution in [1.82, 2.24) is 9.13 Å². The number of carbonyl (C=O) groups excluding carboxylic acids is 3. The second-order valence-corrected chi connectivity index (χ2v) is 9.59. The molecule has 0 N–H and O–H groups in total. The molecule has 3 aromatic rings. The highest BCUT2D eigenvalue weighted by Crippen LogP contribution is 2.33. The molecule has 0 saturated carbocycles. The average Bonchev–Trinajstić information content (AvgIpc) is 2.82. The van der Waals surface area contributed by atoms with Crippen LogP contribution >= 0.6 is 28.1 Å². The summed E-state index contributed by atoms with van der Waals surface area (Å²) in [7, 11) is 0. The molecule has 0 amide bonds. The van der Waals surface area contributed by atoms with Gasteiger partial charge in [-0.3, -0.25) is 28.3 Å². The number of fused-ring (bicyclic) bond motifs is 1. The number of carbonyl (C=O) groups is 3. The maximum absolute atomic E-state index is 13.6. The maximum atomic E-state index is 13.6. The van der Waals surface area contributed by atoms with Crippen molar-refractivity contribution >= 4 is 57.0 Å². The number of hydrogen-bond donors (Lipinski definition) is 0. The Morgan fingerprint density at radius 2 is 1.57 bits per heavy atom. The van der Waals surface area contributed by atoms with Crippen LogP contribution in [0.3, 0.4) is 0 Å². The summed E-state index contributed by atoms with van der Waals surface area (Å²) in [5.74, 6) is -1.99. The van der Waals surface area contributed by atoms with Crippen LogP contribution in [0.15, 0.2) is 57.8 Å². The molecular weight excluding hydrogens is 568 g/mol. The summed E-state index contributed by atoms with van der Waals surface area (Å²) in [6.07, 6.45) is -4.64. The molecule has 12 heteroatoms. The molecule has 1 fully saturated rings. The number of nitrogens with zero attached hydrogens (tertiary/aromatic N) is 2. The van der Waals surface area contributed by atoms with Crippen molar-refractivity contribution in [3.05, 3.63) is 68.1 Å². The normalized spacial score (nSPS) is 21.3. The SMILES string of the molecule is CC(=O)OC1COC(n2c(=S)n(-c3ccccc3)c(=O)c3cc(Br)ccc32)C(OC(C)=O)C1OC(C)=O. The van der Waals surface area contributed by atoms with Crippen molar-refractivity contribution in [2.75, 3.05) is 6.61 Å². The Morgan fingerprint density at radius 1 is 0.946 bits per heavy atom. The van der Waals surface area contributed by atoms with Crippen molar-refractivity contribution in [3.8, 4) is 5.69 Å². The van der Waals surface area contributed by atoms with Crippen LogP contribution in [0.4, 0.5) is 0 Å². The van der Waals surface area contributed by atoms with Gasteiger partial charge in [-0.15, -0.1) is 0 Å². The van der Waals surface area contributed by atoms with Crippen molar-refractivity contribution in [3.63, 3.8) is 0 Å². The number of rotatable bonds is 5. The van der Waals surface area contributed by atoms with Crippen molar-refractivity contribution in [2.45, 2.75) is 45.3 Å². The van der Waals surface area contributed by atoms with E-state index in [4.69, 9.17) is 31.2 Å². The molecule has 2 aromatic carbocycles. The van der Waals surface area contributed by atoms with Gasteiger partial charge in [0.15, 0.2) is 29.3 Å². The lowest BCUT2D eigenvalue weighted by atomic mass is 10.0. The van der Waals surface area contributed by atoms with Gasteiger partial charge in [-0.05, 0) is 42.5 Å². The molecule has 37 heavy (non-hydrogen) atoms. The molecule has 0 aliphatic carbocycles. The first-order valence-electron chi connectivity index (χ1n) is 11.2. The monoisotopic (exact) mass is 590 g/mol. The van der Waals surface area contributed by atoms with E-state index in [1.54, 1.807) is 47.0 Å². The summed E-state index contributed by atoms with van der Waals surface area (Å²) < 4.78 is 26.1. The fraction of sp³-hybridized carbons (Fsp3) is 0.320. The Labute approximate surface area is 224 Å². The second-order valence-electron chi connectivity index (χ2n) is 8.31. The molecule has 1 aliphatic rings. The molecule has 0 bridgehead atoms. The zero-order valence-corrected chi connectivity index (χ0v) is 22.5. The molecule has 0 radical (unpaired) electrons. The van der Waals surface area contributed by atoms with Crippen LogP contribution in [0.5, 0.6) is 0 Å². The highest BCUT2D eigenvalue weighted by atomic mass is 79.9. The predicted octanol–water partition coefficient (Wildman–Crippen LogP) is 3.61. The van der Waals surface area contributed by atoms with Crippen molar-refractivity contribution in [1.29, 1.82) is 0 Å². The van der Waals surface area contributed by atoms with Crippen LogP contribution < -0.4 is 5.56 Å². The van der Waals surface area contributed by atoms with E-state index in [-0.39, 0.29) is 16.9 Å². The van der Waals surface area contributed by atoms with Gasteiger partial charge in [0, 0.05) is 25.2 Å². The minimum absolute atomic E-state index is 0.0562. The van der Waals surface area contributed by atoms with E-state index in [2.05, 4.69) is 15.9 Å². The van der Waals surface area contributed by atoms with Crippen molar-refractivity contribution in [2.24, 2.45) is 0 Å². The lowest BCUT2D eigenvalue weighted by Gasteiger charge is -2.41. The smallest absolute Gasteiger partial charge is 0.303 e. The fourth-order valence-corrected chi connectivity index (χ4v) is 5.05. The van der Waals surface area contributed by atoms with Crippen LogP contribution in [0, 0.1) is 4.77 Å². The van der Waals surface area contributed by atoms with E-state index in [0.717, 1.165) is 0 Å². The van der Waals surface area contributed by atoms with Gasteiger partial charge in [-0.1, -0.05) is 34.1 Å². The number of hydrogen-bond acceptors (Lipinski definition) is 9. The number of ether oxygens (including phenoxy) is 4. The first kappa shape index (κ1) is 26.7. The van der Waals surface area contributed by atoms with Crippen molar-refractivity contribution < 1.29 is 33.3 Å². The Hall–Kier alpha value is -3.35. The maximum Gasteiger partial charge on any atom is 0.303 e. The Kier molecular flexibility index (Phi) is 7.90. The standard InChI is InChI=1S/C25H23BrN2O8S/c1-13(29)34-20-12-33-24(22(36-15(3)31)21(20)35-14(2)30)28-19-10-9-16(26)11-18(19)23(32)27(25(28)37)17-7-5-4-6-8-17/h4-11,20-22,24H,12H2,1-3H3. The van der Waals surface area contributed by atoms with Gasteiger partial charge >= 0.3 is 17.9 Å². The van der Waals surface area contributed by atoms with Gasteiger partial charge in [0.05, 0.1) is 23.2 Å². The highest BCUT2D eigenvalue weighted by molar-refractivity contribution is 9.10. The largest absolute Gasteiger partial charge is 0.456 e. The first-order valence-corrected chi connectivity index (χ1v) is 12.4. The molecule has 1 aliphatic heterocycles. The number of halogens is 1. The molecular formula is C25H23BrN2O8S. The van der Waals surface area contributed by atoms with E-state index in [9.17, 15) is 19.2 Å². The Balaban J connectivity index is 2.00. The van der Waals surface area contributed by atoms with Gasteiger partial charge in [0.25, 0.3) is 5.56 Å². The van der Waals surface area contributed by atoms with Gasteiger partial charge in [-0.25, -0.2) is 0 Å². The van der Waals surface area contributed by atoms with Crippen LogP contribution in [0.25, 0.3) is 16.6 Å². The lowest BCUT2D eigenvalue weighted by molar-refractivity contribution is -0.239. The summed E-state index contributed by atoms with van der Waals surface area (Å²) in [4.78, 5) is 49.5. The summed E-state index contributed by atoms with van der Waals surface area (Å²) in [5, 5.41) is 0.308. The molecule has 194 valence electrons. The molecule has 1 aromatic heterocycles. The van der Waals surface area contributed by atoms with Gasteiger partial charge in [0.2, 0.25) is 0 Å². The van der Waals surface area contributed by atoms with Gasteiger partial charge in [-0.2, -0.15) is 0 Å². The zero-order valence-electron chi connectivity index (χ0n) is 20.1. The molecule has 4 rings (SSSR count). The average molecular weight is 591 g/mol. The summed E-state index contributed by atoms with van der Waals surface area (Å²) >= 11 is 9.20. The summed E-state index contributed by atoms with van der Waals surface area (Å²) in [6, 6.07) is 13.9. The van der Waals surface area contributed by atoms with E-state index in [0.29, 0.717) is 21.1 Å². The third-order valence-corrected chi connectivity index (χ3v) is 6.51. The number of aromatic nitrogens is 2. The minimum Gasteiger partial charge on any atom is -0.456 e. The topological polar surface area (TPSA) is 115 Å². The van der Waals surface area contributed by atoms with Crippen LogP contribution in [0.1, 0.15) is 27.0 Å². The zero-order chi connectivity index (χ0) is 26.9. The van der Waals surface area contributed by atoms with E-state index in [1.165, 1.54) is 25.3 Å². The molecule has 4 unspecified atom stereocenters. The van der Waals surface area contributed by atoms with Crippen LogP contribution in [0.2, 0.25) is 0 Å². The fourth-order valence-electron chi connectivity index (χ4n) is 4.30. The molecule has 1 saturated heterocycles. The Bertz CT molecular complexity index is 1490. The molecule has 10 nitrogen and oxygen atoms in total. The van der Waals surface area contributed by atoms with E-state index >= 15 is 0 Å².